The molecule has 0 aliphatic carbocycles. The van der Waals surface area contributed by atoms with Crippen molar-refractivity contribution < 1.29 is 6.85 Å². The molecular weight excluding hydrogens is 144 g/mol. The average molecular weight is 167 g/mol. The van der Waals surface area contributed by atoms with Crippen molar-refractivity contribution in [3.63, 3.8) is 0 Å². The third-order valence-corrected chi connectivity index (χ3v) is 1.92. The smallest absolute Gasteiger partial charge is 0.0313 e. The second-order valence-electron chi connectivity index (χ2n) is 2.93. The summed E-state index contributed by atoms with van der Waals surface area (Å²) >= 11 is 0. The van der Waals surface area contributed by atoms with E-state index in [-0.39, 0.29) is 5.56 Å². The number of hydrogen-bond acceptors (Lipinski definition) is 0. The summed E-state index contributed by atoms with van der Waals surface area (Å²) in [6.45, 7) is -0.514. The highest BCUT2D eigenvalue weighted by atomic mass is 14.0. The van der Waals surface area contributed by atoms with E-state index in [9.17, 15) is 0 Å². The highest BCUT2D eigenvalue weighted by molar-refractivity contribution is 5.22. The van der Waals surface area contributed by atoms with Crippen LogP contribution in [0.25, 0.3) is 0 Å². The van der Waals surface area contributed by atoms with E-state index in [1.165, 1.54) is 0 Å². The van der Waals surface area contributed by atoms with Gasteiger partial charge in [0.05, 0.1) is 0 Å². The fourth-order valence-corrected chi connectivity index (χ4v) is 1.14. The van der Waals surface area contributed by atoms with Gasteiger partial charge in [0.15, 0.2) is 0 Å². The zero-order valence-corrected chi connectivity index (χ0v) is 7.43. The van der Waals surface area contributed by atoms with Gasteiger partial charge in [-0.25, -0.2) is 0 Å². The first-order valence-corrected chi connectivity index (χ1v) is 4.38. The van der Waals surface area contributed by atoms with E-state index in [0.717, 1.165) is 24.8 Å². The first-order chi connectivity index (χ1) is 7.79. The zero-order valence-electron chi connectivity index (χ0n) is 12.4. The number of hydrogen-bond donors (Lipinski definition) is 0. The van der Waals surface area contributed by atoms with Gasteiger partial charge in [0, 0.05) is 6.85 Å². The molecular formula is C12H18. The molecule has 12 heavy (non-hydrogen) atoms. The Bertz CT molecular complexity index is 350. The van der Waals surface area contributed by atoms with Crippen molar-refractivity contribution in [2.45, 2.75) is 39.4 Å². The number of unbranched alkanes of at least 4 members (excludes halogenated alkanes) is 1. The van der Waals surface area contributed by atoms with Crippen molar-refractivity contribution in [2.75, 3.05) is 0 Å². The van der Waals surface area contributed by atoms with Crippen molar-refractivity contribution in [3.8, 4) is 0 Å². The van der Waals surface area contributed by atoms with E-state index in [1.807, 2.05) is 12.1 Å². The quantitative estimate of drug-likeness (QED) is 0.643. The molecule has 0 saturated heterocycles. The molecule has 0 aliphatic heterocycles. The Morgan fingerprint density at radius 3 is 2.50 bits per heavy atom. The van der Waals surface area contributed by atoms with Crippen molar-refractivity contribution in [1.29, 1.82) is 0 Å². The Labute approximate surface area is 82.6 Å². The third kappa shape index (κ3) is 2.69. The van der Waals surface area contributed by atoms with Crippen molar-refractivity contribution >= 4 is 0 Å². The van der Waals surface area contributed by atoms with Crippen LogP contribution in [0.2, 0.25) is 0 Å². The lowest BCUT2D eigenvalue weighted by molar-refractivity contribution is 0.794. The van der Waals surface area contributed by atoms with Crippen LogP contribution in [0.4, 0.5) is 0 Å². The first-order valence-electron chi connectivity index (χ1n) is 6.88. The standard InChI is InChI=1S/C12H18/c1-3-5-6-12-9-7-11(4-2)8-10-12/h7-10H,3-6H2,1-2H3/i2D3,4D2. The molecule has 1 aromatic rings. The molecule has 0 bridgehead atoms. The summed E-state index contributed by atoms with van der Waals surface area (Å²) < 4.78 is 36.8. The monoisotopic (exact) mass is 167 g/mol. The molecule has 0 amide bonds. The van der Waals surface area contributed by atoms with Crippen LogP contribution in [0, 0.1) is 0 Å². The van der Waals surface area contributed by atoms with Crippen LogP contribution < -0.4 is 0 Å². The largest absolute Gasteiger partial charge is 0.0654 e. The summed E-state index contributed by atoms with van der Waals surface area (Å²) in [5, 5.41) is 0. The van der Waals surface area contributed by atoms with Crippen molar-refractivity contribution in [2.24, 2.45) is 0 Å². The van der Waals surface area contributed by atoms with E-state index in [2.05, 4.69) is 6.92 Å². The maximum absolute atomic E-state index is 7.63. The molecule has 0 aromatic heterocycles. The van der Waals surface area contributed by atoms with Gasteiger partial charge >= 0.3 is 0 Å². The lowest BCUT2D eigenvalue weighted by atomic mass is 10.1. The van der Waals surface area contributed by atoms with Gasteiger partial charge in [-0.2, -0.15) is 0 Å². The predicted molar refractivity (Wildman–Crippen MR) is 54.4 cm³/mol. The summed E-state index contributed by atoms with van der Waals surface area (Å²) in [7, 11) is 0. The summed E-state index contributed by atoms with van der Waals surface area (Å²) in [5.74, 6) is 0. The van der Waals surface area contributed by atoms with Crippen LogP contribution in [0.1, 0.15) is 44.6 Å². The predicted octanol–water partition coefficient (Wildman–Crippen LogP) is 3.59. The van der Waals surface area contributed by atoms with Gasteiger partial charge < -0.3 is 0 Å². The van der Waals surface area contributed by atoms with Crippen molar-refractivity contribution in [1.82, 2.24) is 0 Å². The van der Waals surface area contributed by atoms with Crippen molar-refractivity contribution in [3.05, 3.63) is 35.4 Å². The van der Waals surface area contributed by atoms with Gasteiger partial charge in [0.1, 0.15) is 0 Å². The topological polar surface area (TPSA) is 0 Å². The molecule has 0 radical (unpaired) electrons. The summed E-state index contributed by atoms with van der Waals surface area (Å²) in [6, 6.07) is 6.79. The molecule has 0 saturated carbocycles. The number of benzene rings is 1. The SMILES string of the molecule is [2H]C([2H])([2H])C([2H])([2H])c1ccc(CCCC)cc1. The molecule has 0 N–H and O–H groups in total. The fourth-order valence-electron chi connectivity index (χ4n) is 1.14. The molecule has 66 valence electrons. The minimum absolute atomic E-state index is 0.220. The maximum atomic E-state index is 7.63. The van der Waals surface area contributed by atoms with E-state index in [4.69, 9.17) is 6.85 Å². The van der Waals surface area contributed by atoms with Gasteiger partial charge in [-0.1, -0.05) is 44.5 Å². The molecule has 0 heterocycles. The van der Waals surface area contributed by atoms with Crippen LogP contribution in [0.5, 0.6) is 0 Å². The van der Waals surface area contributed by atoms with E-state index in [1.54, 1.807) is 12.1 Å². The molecule has 0 spiro atoms. The van der Waals surface area contributed by atoms with Crippen LogP contribution in [-0.4, -0.2) is 0 Å². The van der Waals surface area contributed by atoms with Gasteiger partial charge in [-0.05, 0) is 30.3 Å². The molecule has 0 aliphatic rings. The molecule has 1 rings (SSSR count). The lowest BCUT2D eigenvalue weighted by Crippen LogP contribution is -1.85. The minimum atomic E-state index is -2.63. The lowest BCUT2D eigenvalue weighted by Gasteiger charge is -2.00. The second-order valence-corrected chi connectivity index (χ2v) is 2.93. The van der Waals surface area contributed by atoms with Crippen LogP contribution in [0.15, 0.2) is 24.3 Å². The van der Waals surface area contributed by atoms with Crippen LogP contribution in [0.3, 0.4) is 0 Å². The summed E-state index contributed by atoms with van der Waals surface area (Å²) in [4.78, 5) is 0. The summed E-state index contributed by atoms with van der Waals surface area (Å²) in [5.41, 5.74) is 1.34. The van der Waals surface area contributed by atoms with E-state index in [0.29, 0.717) is 0 Å². The normalized spacial score (nSPS) is 18.6. The maximum Gasteiger partial charge on any atom is 0.0313 e. The van der Waals surface area contributed by atoms with E-state index < -0.39 is 13.2 Å². The van der Waals surface area contributed by atoms with Gasteiger partial charge in [0.25, 0.3) is 0 Å². The van der Waals surface area contributed by atoms with Gasteiger partial charge in [-0.3, -0.25) is 0 Å². The average Bonchev–Trinajstić information content (AvgIpc) is 2.25. The molecule has 0 nitrogen and oxygen atoms in total. The third-order valence-electron chi connectivity index (χ3n) is 1.92. The molecule has 0 fully saturated rings. The fraction of sp³-hybridized carbons (Fsp3) is 0.500. The minimum Gasteiger partial charge on any atom is -0.0654 e. The highest BCUT2D eigenvalue weighted by Gasteiger charge is 1.91. The second kappa shape index (κ2) is 4.97. The Morgan fingerprint density at radius 2 is 1.92 bits per heavy atom. The summed E-state index contributed by atoms with van der Waals surface area (Å²) in [6.07, 6.45) is 0.868. The van der Waals surface area contributed by atoms with Crippen LogP contribution in [-0.2, 0) is 12.8 Å². The van der Waals surface area contributed by atoms with Crippen LogP contribution >= 0.6 is 0 Å². The molecule has 0 atom stereocenters. The number of rotatable bonds is 4. The molecule has 1 aromatic carbocycles. The Balaban J connectivity index is 2.87. The Kier molecular flexibility index (Phi) is 1.85. The Morgan fingerprint density at radius 1 is 1.25 bits per heavy atom. The molecule has 0 heteroatoms. The van der Waals surface area contributed by atoms with Gasteiger partial charge in [0.2, 0.25) is 0 Å². The zero-order chi connectivity index (χ0) is 13.1. The first kappa shape index (κ1) is 4.45. The van der Waals surface area contributed by atoms with Gasteiger partial charge in [-0.15, -0.1) is 0 Å². The highest BCUT2D eigenvalue weighted by Crippen LogP contribution is 2.07. The molecule has 0 unspecified atom stereocenters. The Hall–Kier alpha value is -0.780. The number of aryl methyl sites for hydroxylation is 2. The van der Waals surface area contributed by atoms with E-state index >= 15 is 0 Å².